The lowest BCUT2D eigenvalue weighted by atomic mass is 9.92. The van der Waals surface area contributed by atoms with Gasteiger partial charge in [0.1, 0.15) is 16.8 Å². The molecule has 0 bridgehead atoms. The maximum absolute atomic E-state index is 13.4. The minimum absolute atomic E-state index is 0.117. The Morgan fingerprint density at radius 3 is 2.24 bits per heavy atom. The molecule has 0 unspecified atom stereocenters. The van der Waals surface area contributed by atoms with E-state index in [1.807, 2.05) is 44.7 Å². The molecule has 55 heavy (non-hydrogen) atoms. The first-order chi connectivity index (χ1) is 25.9. The molecule has 12 nitrogen and oxygen atoms in total. The molecule has 2 N–H and O–H groups in total. The summed E-state index contributed by atoms with van der Waals surface area (Å²) in [7, 11) is 0. The van der Waals surface area contributed by atoms with Gasteiger partial charge in [-0.05, 0) is 108 Å². The van der Waals surface area contributed by atoms with Crippen molar-refractivity contribution in [3.63, 3.8) is 0 Å². The van der Waals surface area contributed by atoms with Crippen LogP contribution in [0.5, 0.6) is 0 Å². The van der Waals surface area contributed by atoms with Crippen LogP contribution in [-0.2, 0) is 23.2 Å². The summed E-state index contributed by atoms with van der Waals surface area (Å²) < 4.78 is 47.4. The van der Waals surface area contributed by atoms with E-state index in [1.54, 1.807) is 10.9 Å². The van der Waals surface area contributed by atoms with Crippen LogP contribution >= 0.6 is 0 Å². The zero-order chi connectivity index (χ0) is 39.7. The largest absolute Gasteiger partial charge is 0.444 e. The SMILES string of the molecule is Cc1ccc(-n2cc(C(=O)NCc3nc(C(C)(C)C(F)(F)F)n[nH]3)cn2)c(C)c1-c1ccc(CN2CCC(N3CCN(C(=O)OC(C)(C)C)CC3)CC2)cc1. The summed E-state index contributed by atoms with van der Waals surface area (Å²) in [6.07, 6.45) is 0.563. The Kier molecular flexibility index (Phi) is 11.4. The molecule has 6 rings (SSSR count). The highest BCUT2D eigenvalue weighted by Crippen LogP contribution is 2.38. The molecule has 2 aromatic heterocycles. The van der Waals surface area contributed by atoms with Gasteiger partial charge < -0.3 is 15.0 Å². The fraction of sp³-hybridized carbons (Fsp3) is 0.525. The number of carbonyl (C=O) groups excluding carboxylic acids is 2. The Labute approximate surface area is 320 Å². The number of benzene rings is 2. The first kappa shape index (κ1) is 39.9. The Morgan fingerprint density at radius 1 is 0.927 bits per heavy atom. The molecule has 2 saturated heterocycles. The second-order valence-electron chi connectivity index (χ2n) is 16.2. The van der Waals surface area contributed by atoms with E-state index in [1.165, 1.54) is 11.8 Å². The Bertz CT molecular complexity index is 1970. The third-order valence-electron chi connectivity index (χ3n) is 10.6. The number of likely N-dealkylation sites (tertiary alicyclic amines) is 1. The number of ether oxygens (including phenoxy) is 1. The van der Waals surface area contributed by atoms with Gasteiger partial charge in [0.05, 0.1) is 24.0 Å². The van der Waals surface area contributed by atoms with E-state index >= 15 is 0 Å². The molecule has 0 saturated carbocycles. The number of alkyl halides is 3. The number of aromatic amines is 1. The van der Waals surface area contributed by atoms with Crippen molar-refractivity contribution in [2.75, 3.05) is 39.3 Å². The molecule has 0 spiro atoms. The van der Waals surface area contributed by atoms with Gasteiger partial charge in [-0.25, -0.2) is 14.5 Å². The zero-order valence-corrected chi connectivity index (χ0v) is 32.8. The highest BCUT2D eigenvalue weighted by atomic mass is 19.4. The summed E-state index contributed by atoms with van der Waals surface area (Å²) >= 11 is 0. The molecular formula is C40H52F3N9O3. The van der Waals surface area contributed by atoms with Crippen LogP contribution < -0.4 is 5.32 Å². The van der Waals surface area contributed by atoms with Gasteiger partial charge in [0.15, 0.2) is 5.82 Å². The Balaban J connectivity index is 1.02. The van der Waals surface area contributed by atoms with Crippen LogP contribution in [0.25, 0.3) is 16.8 Å². The fourth-order valence-corrected chi connectivity index (χ4v) is 7.22. The average Bonchev–Trinajstić information content (AvgIpc) is 3.82. The summed E-state index contributed by atoms with van der Waals surface area (Å²) in [6, 6.07) is 13.3. The van der Waals surface area contributed by atoms with Gasteiger partial charge in [-0.2, -0.15) is 23.4 Å². The molecule has 2 aliphatic rings. The number of H-pyrrole nitrogens is 1. The number of hydrogen-bond acceptors (Lipinski definition) is 8. The number of halogens is 3. The van der Waals surface area contributed by atoms with Crippen LogP contribution in [0.2, 0.25) is 0 Å². The van der Waals surface area contributed by atoms with Crippen LogP contribution in [0, 0.1) is 13.8 Å². The van der Waals surface area contributed by atoms with Crippen LogP contribution in [-0.4, -0.2) is 109 Å². The lowest BCUT2D eigenvalue weighted by molar-refractivity contribution is -0.182. The highest BCUT2D eigenvalue weighted by molar-refractivity contribution is 5.93. The molecule has 0 atom stereocenters. The number of aromatic nitrogens is 5. The minimum Gasteiger partial charge on any atom is -0.444 e. The molecular weight excluding hydrogens is 711 g/mol. The third kappa shape index (κ3) is 9.21. The topological polar surface area (TPSA) is 125 Å². The summed E-state index contributed by atoms with van der Waals surface area (Å²) in [5.74, 6) is -0.716. The number of rotatable bonds is 9. The average molecular weight is 764 g/mol. The maximum Gasteiger partial charge on any atom is 0.410 e. The monoisotopic (exact) mass is 763 g/mol. The summed E-state index contributed by atoms with van der Waals surface area (Å²) in [6.45, 7) is 17.8. The first-order valence-electron chi connectivity index (χ1n) is 18.8. The number of piperidine rings is 1. The van der Waals surface area contributed by atoms with Crippen molar-refractivity contribution in [3.05, 3.63) is 82.7 Å². The molecule has 296 valence electrons. The molecule has 4 aromatic rings. The Morgan fingerprint density at radius 2 is 1.60 bits per heavy atom. The second-order valence-corrected chi connectivity index (χ2v) is 16.2. The van der Waals surface area contributed by atoms with Gasteiger partial charge in [-0.15, -0.1) is 0 Å². The zero-order valence-electron chi connectivity index (χ0n) is 32.8. The minimum atomic E-state index is -4.52. The predicted octanol–water partition coefficient (Wildman–Crippen LogP) is 6.56. The van der Waals surface area contributed by atoms with E-state index < -0.39 is 28.9 Å². The molecule has 2 amide bonds. The van der Waals surface area contributed by atoms with Gasteiger partial charge >= 0.3 is 12.3 Å². The molecule has 4 heterocycles. The quantitative estimate of drug-likeness (QED) is 0.197. The van der Waals surface area contributed by atoms with Crippen molar-refractivity contribution in [1.29, 1.82) is 0 Å². The van der Waals surface area contributed by atoms with Crippen molar-refractivity contribution in [2.45, 2.75) is 97.6 Å². The number of piperazine rings is 1. The number of nitrogens with zero attached hydrogens (tertiary/aromatic N) is 7. The molecule has 15 heteroatoms. The normalized spacial score (nSPS) is 16.7. The van der Waals surface area contributed by atoms with Crippen molar-refractivity contribution >= 4 is 12.0 Å². The molecule has 2 fully saturated rings. The second kappa shape index (κ2) is 15.8. The van der Waals surface area contributed by atoms with Gasteiger partial charge in [0.25, 0.3) is 5.91 Å². The van der Waals surface area contributed by atoms with Crippen LogP contribution in [0.1, 0.15) is 86.2 Å². The van der Waals surface area contributed by atoms with Crippen LogP contribution in [0.15, 0.2) is 48.8 Å². The standard InChI is InChI=1S/C40H52F3N9O3/c1-26-8-13-32(52-25-30(22-45-52)35(53)44-23-33-46-36(48-47-33)39(6,7)40(41,42)43)27(2)34(26)29-11-9-28(10-12-29)24-49-16-14-31(15-17-49)50-18-20-51(21-19-50)37(54)55-38(3,4)5/h8-13,22,25,31H,14-21,23-24H2,1-7H3,(H,44,53)(H,46,47,48). The van der Waals surface area contributed by atoms with Crippen molar-refractivity contribution < 1.29 is 27.5 Å². The van der Waals surface area contributed by atoms with E-state index in [0.29, 0.717) is 24.7 Å². The number of nitrogens with one attached hydrogen (secondary N) is 2. The molecule has 0 radical (unpaired) electrons. The summed E-state index contributed by atoms with van der Waals surface area (Å²) in [5, 5.41) is 13.3. The van der Waals surface area contributed by atoms with Crippen LogP contribution in [0.4, 0.5) is 18.0 Å². The van der Waals surface area contributed by atoms with Crippen molar-refractivity contribution in [1.82, 2.24) is 45.0 Å². The summed E-state index contributed by atoms with van der Waals surface area (Å²) in [5.41, 5.74) is 3.99. The van der Waals surface area contributed by atoms with Crippen molar-refractivity contribution in [3.8, 4) is 16.8 Å². The van der Waals surface area contributed by atoms with E-state index in [-0.39, 0.29) is 18.5 Å². The third-order valence-corrected chi connectivity index (χ3v) is 10.6. The number of hydrogen-bond donors (Lipinski definition) is 2. The Hall–Kier alpha value is -4.76. The smallest absolute Gasteiger partial charge is 0.410 e. The van der Waals surface area contributed by atoms with Gasteiger partial charge in [-0.1, -0.05) is 30.3 Å². The van der Waals surface area contributed by atoms with E-state index in [2.05, 4.69) is 66.6 Å². The van der Waals surface area contributed by atoms with Crippen LogP contribution in [0.3, 0.4) is 0 Å². The van der Waals surface area contributed by atoms with E-state index in [4.69, 9.17) is 4.74 Å². The van der Waals surface area contributed by atoms with Gasteiger partial charge in [-0.3, -0.25) is 19.7 Å². The van der Waals surface area contributed by atoms with E-state index in [9.17, 15) is 22.8 Å². The number of aryl methyl sites for hydroxylation is 1. The predicted molar refractivity (Wildman–Crippen MR) is 203 cm³/mol. The lowest BCUT2D eigenvalue weighted by Gasteiger charge is -2.42. The summed E-state index contributed by atoms with van der Waals surface area (Å²) in [4.78, 5) is 36.3. The fourth-order valence-electron chi connectivity index (χ4n) is 7.22. The first-order valence-corrected chi connectivity index (χ1v) is 18.8. The van der Waals surface area contributed by atoms with Gasteiger partial charge in [0.2, 0.25) is 0 Å². The van der Waals surface area contributed by atoms with E-state index in [0.717, 1.165) is 87.4 Å². The highest BCUT2D eigenvalue weighted by Gasteiger charge is 2.51. The lowest BCUT2D eigenvalue weighted by Crippen LogP contribution is -2.54. The van der Waals surface area contributed by atoms with Gasteiger partial charge in [0, 0.05) is 45.0 Å². The number of amides is 2. The molecule has 0 aliphatic carbocycles. The van der Waals surface area contributed by atoms with Crippen molar-refractivity contribution in [2.24, 2.45) is 0 Å². The molecule has 2 aliphatic heterocycles. The number of carbonyl (C=O) groups is 2. The maximum atomic E-state index is 13.4. The molecule has 2 aromatic carbocycles.